The lowest BCUT2D eigenvalue weighted by atomic mass is 10.2. The molecule has 4 heteroatoms. The molecular formula is C12H14FN3. The maximum absolute atomic E-state index is 12.7. The second-order valence-corrected chi connectivity index (χ2v) is 3.71. The zero-order valence-corrected chi connectivity index (χ0v) is 9.37. The second-order valence-electron chi connectivity index (χ2n) is 3.71. The van der Waals surface area contributed by atoms with Crippen LogP contribution in [0.15, 0.2) is 30.5 Å². The Labute approximate surface area is 93.9 Å². The van der Waals surface area contributed by atoms with Gasteiger partial charge in [-0.1, -0.05) is 12.1 Å². The first-order chi connectivity index (χ1) is 7.69. The Hall–Kier alpha value is -1.84. The predicted octanol–water partition coefficient (Wildman–Crippen LogP) is 2.42. The third kappa shape index (κ3) is 2.21. The van der Waals surface area contributed by atoms with Gasteiger partial charge in [0.1, 0.15) is 5.82 Å². The molecule has 0 aliphatic heterocycles. The predicted molar refractivity (Wildman–Crippen MR) is 62.0 cm³/mol. The minimum atomic E-state index is -0.209. The number of nitrogens with one attached hydrogen (secondary N) is 1. The van der Waals surface area contributed by atoms with Crippen molar-refractivity contribution < 1.29 is 4.39 Å². The van der Waals surface area contributed by atoms with Crippen LogP contribution in [-0.4, -0.2) is 16.6 Å². The Bertz CT molecular complexity index is 474. The van der Waals surface area contributed by atoms with Gasteiger partial charge in [-0.25, -0.2) is 9.37 Å². The molecule has 1 heterocycles. The van der Waals surface area contributed by atoms with Crippen LogP contribution in [0.3, 0.4) is 0 Å². The molecule has 0 unspecified atom stereocenters. The summed E-state index contributed by atoms with van der Waals surface area (Å²) in [5, 5.41) is 3.03. The highest BCUT2D eigenvalue weighted by Gasteiger charge is 2.04. The van der Waals surface area contributed by atoms with Gasteiger partial charge in [-0.15, -0.1) is 0 Å². The third-order valence-electron chi connectivity index (χ3n) is 2.39. The summed E-state index contributed by atoms with van der Waals surface area (Å²) < 4.78 is 14.7. The van der Waals surface area contributed by atoms with Gasteiger partial charge >= 0.3 is 0 Å². The van der Waals surface area contributed by atoms with Crippen LogP contribution in [0.1, 0.15) is 11.3 Å². The molecule has 1 aromatic carbocycles. The lowest BCUT2D eigenvalue weighted by Gasteiger charge is -2.06. The van der Waals surface area contributed by atoms with Gasteiger partial charge in [-0.05, 0) is 24.6 Å². The van der Waals surface area contributed by atoms with E-state index in [1.807, 2.05) is 24.7 Å². The van der Waals surface area contributed by atoms with Crippen molar-refractivity contribution in [1.82, 2.24) is 9.55 Å². The van der Waals surface area contributed by atoms with Crippen LogP contribution in [0.2, 0.25) is 0 Å². The number of anilines is 1. The molecule has 0 aliphatic rings. The van der Waals surface area contributed by atoms with Crippen molar-refractivity contribution in [1.29, 1.82) is 0 Å². The monoisotopic (exact) mass is 219 g/mol. The number of hydrogen-bond donors (Lipinski definition) is 1. The quantitative estimate of drug-likeness (QED) is 0.859. The van der Waals surface area contributed by atoms with E-state index in [0.717, 1.165) is 17.2 Å². The fraction of sp³-hybridized carbons (Fsp3) is 0.250. The highest BCUT2D eigenvalue weighted by Crippen LogP contribution is 2.11. The van der Waals surface area contributed by atoms with Crippen LogP contribution >= 0.6 is 0 Å². The lowest BCUT2D eigenvalue weighted by Crippen LogP contribution is -2.03. The summed E-state index contributed by atoms with van der Waals surface area (Å²) in [4.78, 5) is 4.32. The minimum absolute atomic E-state index is 0.209. The molecule has 0 amide bonds. The van der Waals surface area contributed by atoms with Crippen molar-refractivity contribution in [2.75, 3.05) is 12.4 Å². The molecule has 0 saturated carbocycles. The van der Waals surface area contributed by atoms with Crippen LogP contribution in [0.25, 0.3) is 0 Å². The van der Waals surface area contributed by atoms with E-state index in [-0.39, 0.29) is 5.82 Å². The molecule has 2 aromatic rings. The van der Waals surface area contributed by atoms with Gasteiger partial charge in [0.05, 0.1) is 12.2 Å². The average molecular weight is 219 g/mol. The molecule has 0 radical (unpaired) electrons. The van der Waals surface area contributed by atoms with Crippen molar-refractivity contribution in [3.63, 3.8) is 0 Å². The zero-order chi connectivity index (χ0) is 11.5. The van der Waals surface area contributed by atoms with E-state index < -0.39 is 0 Å². The molecule has 0 fully saturated rings. The van der Waals surface area contributed by atoms with Gasteiger partial charge in [0, 0.05) is 13.2 Å². The fourth-order valence-corrected chi connectivity index (χ4v) is 1.65. The molecule has 16 heavy (non-hydrogen) atoms. The van der Waals surface area contributed by atoms with E-state index in [0.29, 0.717) is 6.54 Å². The molecule has 3 nitrogen and oxygen atoms in total. The van der Waals surface area contributed by atoms with Gasteiger partial charge in [0.2, 0.25) is 5.95 Å². The molecule has 0 atom stereocenters. The molecule has 1 aromatic heterocycles. The van der Waals surface area contributed by atoms with Gasteiger partial charge in [0.25, 0.3) is 0 Å². The summed E-state index contributed by atoms with van der Waals surface area (Å²) in [7, 11) is 1.84. The smallest absolute Gasteiger partial charge is 0.203 e. The molecular weight excluding hydrogens is 205 g/mol. The summed E-state index contributed by atoms with van der Waals surface area (Å²) >= 11 is 0. The number of imidazole rings is 1. The summed E-state index contributed by atoms with van der Waals surface area (Å²) in [5.41, 5.74) is 2.02. The topological polar surface area (TPSA) is 29.9 Å². The Morgan fingerprint density at radius 3 is 2.62 bits per heavy atom. The standard InChI is InChI=1S/C12H14FN3/c1-9-7-16(12(14-2)15-9)8-10-3-5-11(13)6-4-10/h3-7H,8H2,1-2H3,(H,14,15). The van der Waals surface area contributed by atoms with Crippen molar-refractivity contribution in [2.24, 2.45) is 0 Å². The van der Waals surface area contributed by atoms with E-state index in [2.05, 4.69) is 10.3 Å². The van der Waals surface area contributed by atoms with Crippen molar-refractivity contribution in [3.8, 4) is 0 Å². The first-order valence-corrected chi connectivity index (χ1v) is 5.15. The molecule has 2 rings (SSSR count). The summed E-state index contributed by atoms with van der Waals surface area (Å²) in [6.45, 7) is 2.64. The van der Waals surface area contributed by atoms with Crippen LogP contribution in [0.4, 0.5) is 10.3 Å². The zero-order valence-electron chi connectivity index (χ0n) is 9.37. The van der Waals surface area contributed by atoms with Crippen LogP contribution in [0.5, 0.6) is 0 Å². The number of halogens is 1. The summed E-state index contributed by atoms with van der Waals surface area (Å²) in [6, 6.07) is 6.50. The number of aryl methyl sites for hydroxylation is 1. The van der Waals surface area contributed by atoms with E-state index >= 15 is 0 Å². The Balaban J connectivity index is 2.22. The third-order valence-corrected chi connectivity index (χ3v) is 2.39. The average Bonchev–Trinajstić information content (AvgIpc) is 2.62. The van der Waals surface area contributed by atoms with Crippen LogP contribution in [0, 0.1) is 12.7 Å². The van der Waals surface area contributed by atoms with Crippen LogP contribution < -0.4 is 5.32 Å². The van der Waals surface area contributed by atoms with Gasteiger partial charge in [0.15, 0.2) is 0 Å². The maximum atomic E-state index is 12.7. The van der Waals surface area contributed by atoms with Gasteiger partial charge < -0.3 is 9.88 Å². The van der Waals surface area contributed by atoms with E-state index in [9.17, 15) is 4.39 Å². The Morgan fingerprint density at radius 2 is 2.00 bits per heavy atom. The lowest BCUT2D eigenvalue weighted by molar-refractivity contribution is 0.626. The molecule has 0 aliphatic carbocycles. The number of rotatable bonds is 3. The van der Waals surface area contributed by atoms with Gasteiger partial charge in [-0.3, -0.25) is 0 Å². The number of nitrogens with zero attached hydrogens (tertiary/aromatic N) is 2. The number of aromatic nitrogens is 2. The van der Waals surface area contributed by atoms with Crippen molar-refractivity contribution in [2.45, 2.75) is 13.5 Å². The second kappa shape index (κ2) is 4.35. The van der Waals surface area contributed by atoms with E-state index in [4.69, 9.17) is 0 Å². The highest BCUT2D eigenvalue weighted by molar-refractivity contribution is 5.29. The van der Waals surface area contributed by atoms with Crippen LogP contribution in [-0.2, 0) is 6.54 Å². The van der Waals surface area contributed by atoms with E-state index in [1.54, 1.807) is 12.1 Å². The normalized spacial score (nSPS) is 10.4. The fourth-order valence-electron chi connectivity index (χ4n) is 1.65. The largest absolute Gasteiger partial charge is 0.359 e. The SMILES string of the molecule is CNc1nc(C)cn1Cc1ccc(F)cc1. The summed E-state index contributed by atoms with van der Waals surface area (Å²) in [6.07, 6.45) is 1.97. The maximum Gasteiger partial charge on any atom is 0.203 e. The summed E-state index contributed by atoms with van der Waals surface area (Å²) in [5.74, 6) is 0.612. The Morgan fingerprint density at radius 1 is 1.31 bits per heavy atom. The van der Waals surface area contributed by atoms with Gasteiger partial charge in [-0.2, -0.15) is 0 Å². The molecule has 84 valence electrons. The number of hydrogen-bond acceptors (Lipinski definition) is 2. The first-order valence-electron chi connectivity index (χ1n) is 5.15. The minimum Gasteiger partial charge on any atom is -0.359 e. The Kier molecular flexibility index (Phi) is 2.90. The highest BCUT2D eigenvalue weighted by atomic mass is 19.1. The van der Waals surface area contributed by atoms with Crippen molar-refractivity contribution in [3.05, 3.63) is 47.5 Å². The molecule has 0 saturated heterocycles. The molecule has 1 N–H and O–H groups in total. The van der Waals surface area contributed by atoms with E-state index in [1.165, 1.54) is 12.1 Å². The van der Waals surface area contributed by atoms with Crippen molar-refractivity contribution >= 4 is 5.95 Å². The number of benzene rings is 1. The molecule has 0 bridgehead atoms. The first kappa shape index (κ1) is 10.7. The molecule has 0 spiro atoms.